The van der Waals surface area contributed by atoms with Crippen molar-refractivity contribution >= 4 is 17.8 Å². The van der Waals surface area contributed by atoms with Crippen LogP contribution in [0.25, 0.3) is 0 Å². The summed E-state index contributed by atoms with van der Waals surface area (Å²) in [5.41, 5.74) is 2.69. The van der Waals surface area contributed by atoms with Gasteiger partial charge in [-0.05, 0) is 12.1 Å². The zero-order valence-corrected chi connectivity index (χ0v) is 11.5. The fraction of sp³-hybridized carbons (Fsp3) is 0.176. The van der Waals surface area contributed by atoms with Crippen molar-refractivity contribution in [3.05, 3.63) is 65.7 Å². The fourth-order valence-corrected chi connectivity index (χ4v) is 2.50. The third kappa shape index (κ3) is 2.53. The van der Waals surface area contributed by atoms with Gasteiger partial charge in [0.2, 0.25) is 0 Å². The summed E-state index contributed by atoms with van der Waals surface area (Å²) in [5.74, 6) is 0.0784. The number of benzene rings is 2. The standard InChI is InChI=1S/C17H17N2O/c1-18-11-12-19(13-18)16-9-7-15(8-10-16)17(20)14-5-3-2-4-6-14/h2-10,13H,11-12H2,1H3/q+1/p+1. The first-order chi connectivity index (χ1) is 9.74. The molecule has 1 aliphatic rings. The number of carbonyl (C=O) groups is 1. The van der Waals surface area contributed by atoms with Gasteiger partial charge in [0.05, 0.1) is 0 Å². The second kappa shape index (κ2) is 5.39. The van der Waals surface area contributed by atoms with E-state index in [4.69, 9.17) is 0 Å². The van der Waals surface area contributed by atoms with E-state index in [0.717, 1.165) is 24.2 Å². The molecule has 20 heavy (non-hydrogen) atoms. The third-order valence-electron chi connectivity index (χ3n) is 3.66. The molecule has 100 valence electrons. The lowest BCUT2D eigenvalue weighted by Crippen LogP contribution is -3.05. The lowest BCUT2D eigenvalue weighted by Gasteiger charge is -2.05. The van der Waals surface area contributed by atoms with Crippen LogP contribution in [0.4, 0.5) is 5.69 Å². The summed E-state index contributed by atoms with van der Waals surface area (Å²) in [6.45, 7) is 2.14. The van der Waals surface area contributed by atoms with Gasteiger partial charge in [-0.3, -0.25) is 4.79 Å². The van der Waals surface area contributed by atoms with E-state index in [2.05, 4.69) is 18.0 Å². The number of hydrogen-bond acceptors (Lipinski definition) is 1. The Morgan fingerprint density at radius 3 is 2.25 bits per heavy atom. The highest BCUT2D eigenvalue weighted by Crippen LogP contribution is 2.11. The molecule has 0 aromatic heterocycles. The van der Waals surface area contributed by atoms with Crippen LogP contribution in [0.2, 0.25) is 0 Å². The Bertz CT molecular complexity index is 644. The van der Waals surface area contributed by atoms with E-state index in [1.165, 1.54) is 10.6 Å². The van der Waals surface area contributed by atoms with Crippen molar-refractivity contribution in [2.24, 2.45) is 0 Å². The average Bonchev–Trinajstić information content (AvgIpc) is 2.94. The molecule has 2 aromatic rings. The Hall–Kier alpha value is -2.26. The summed E-state index contributed by atoms with van der Waals surface area (Å²) in [6, 6.07) is 17.3. The van der Waals surface area contributed by atoms with Crippen LogP contribution in [0.3, 0.4) is 0 Å². The number of nitrogens with one attached hydrogen (secondary N) is 1. The van der Waals surface area contributed by atoms with Crippen LogP contribution in [-0.2, 0) is 0 Å². The van der Waals surface area contributed by atoms with Crippen LogP contribution in [0.15, 0.2) is 54.6 Å². The van der Waals surface area contributed by atoms with E-state index in [9.17, 15) is 4.79 Å². The van der Waals surface area contributed by atoms with Gasteiger partial charge in [0.25, 0.3) is 0 Å². The van der Waals surface area contributed by atoms with E-state index in [1.807, 2.05) is 54.6 Å². The van der Waals surface area contributed by atoms with Crippen molar-refractivity contribution < 1.29 is 14.3 Å². The molecule has 1 heterocycles. The maximum atomic E-state index is 12.3. The first-order valence-electron chi connectivity index (χ1n) is 6.85. The maximum Gasteiger partial charge on any atom is 0.330 e. The van der Waals surface area contributed by atoms with Gasteiger partial charge in [-0.2, -0.15) is 4.58 Å². The van der Waals surface area contributed by atoms with Crippen LogP contribution >= 0.6 is 0 Å². The minimum absolute atomic E-state index is 0.0784. The molecule has 2 aromatic carbocycles. The minimum Gasteiger partial charge on any atom is -0.289 e. The summed E-state index contributed by atoms with van der Waals surface area (Å²) in [5, 5.41) is 0. The molecule has 3 rings (SSSR count). The van der Waals surface area contributed by atoms with Crippen molar-refractivity contribution in [3.8, 4) is 0 Å². The van der Waals surface area contributed by atoms with E-state index in [-0.39, 0.29) is 5.78 Å². The van der Waals surface area contributed by atoms with Crippen molar-refractivity contribution in [2.75, 3.05) is 20.1 Å². The fourth-order valence-electron chi connectivity index (χ4n) is 2.50. The van der Waals surface area contributed by atoms with E-state index < -0.39 is 0 Å². The Morgan fingerprint density at radius 1 is 1.00 bits per heavy atom. The maximum absolute atomic E-state index is 12.3. The van der Waals surface area contributed by atoms with Crippen molar-refractivity contribution in [3.63, 3.8) is 0 Å². The molecule has 0 fully saturated rings. The highest BCUT2D eigenvalue weighted by atomic mass is 16.1. The number of ketones is 1. The van der Waals surface area contributed by atoms with Gasteiger partial charge >= 0.3 is 6.34 Å². The van der Waals surface area contributed by atoms with Gasteiger partial charge in [0, 0.05) is 23.3 Å². The molecule has 1 unspecified atom stereocenters. The van der Waals surface area contributed by atoms with E-state index >= 15 is 0 Å². The Kier molecular flexibility index (Phi) is 3.44. The molecule has 3 heteroatoms. The van der Waals surface area contributed by atoms with Crippen LogP contribution in [0, 0.1) is 0 Å². The summed E-state index contributed by atoms with van der Waals surface area (Å²) >= 11 is 0. The van der Waals surface area contributed by atoms with Crippen LogP contribution in [0.5, 0.6) is 0 Å². The normalized spacial score (nSPS) is 17.9. The largest absolute Gasteiger partial charge is 0.330 e. The van der Waals surface area contributed by atoms with Crippen molar-refractivity contribution in [2.45, 2.75) is 0 Å². The Morgan fingerprint density at radius 2 is 1.65 bits per heavy atom. The molecule has 0 saturated heterocycles. The van der Waals surface area contributed by atoms with Gasteiger partial charge < -0.3 is 0 Å². The number of nitrogens with zero attached hydrogens (tertiary/aromatic N) is 1. The predicted octanol–water partition coefficient (Wildman–Crippen LogP) is 1.12. The molecule has 1 atom stereocenters. The number of hydrogen-bond donors (Lipinski definition) is 1. The van der Waals surface area contributed by atoms with E-state index in [0.29, 0.717) is 0 Å². The predicted molar refractivity (Wildman–Crippen MR) is 78.9 cm³/mol. The molecule has 0 amide bonds. The van der Waals surface area contributed by atoms with Gasteiger partial charge in [0.1, 0.15) is 12.7 Å². The second-order valence-corrected chi connectivity index (χ2v) is 5.16. The molecule has 1 aliphatic heterocycles. The average molecular weight is 266 g/mol. The minimum atomic E-state index is 0.0784. The van der Waals surface area contributed by atoms with Crippen molar-refractivity contribution in [1.82, 2.24) is 0 Å². The number of carbonyl (C=O) groups excluding carboxylic acids is 1. The smallest absolute Gasteiger partial charge is 0.289 e. The highest BCUT2D eigenvalue weighted by Gasteiger charge is 2.22. The molecule has 3 nitrogen and oxygen atoms in total. The zero-order valence-electron chi connectivity index (χ0n) is 11.5. The first-order valence-corrected chi connectivity index (χ1v) is 6.85. The monoisotopic (exact) mass is 266 g/mol. The quantitative estimate of drug-likeness (QED) is 0.653. The van der Waals surface area contributed by atoms with Gasteiger partial charge in [-0.15, -0.1) is 0 Å². The Labute approximate surface area is 118 Å². The third-order valence-corrected chi connectivity index (χ3v) is 3.66. The van der Waals surface area contributed by atoms with E-state index in [1.54, 1.807) is 0 Å². The summed E-state index contributed by atoms with van der Waals surface area (Å²) < 4.78 is 2.19. The number of likely N-dealkylation sites (N-methyl/N-ethyl adjacent to an activating group) is 1. The summed E-state index contributed by atoms with van der Waals surface area (Å²) in [7, 11) is 2.08. The molecule has 0 saturated carbocycles. The van der Waals surface area contributed by atoms with Crippen LogP contribution in [-0.4, -0.2) is 36.8 Å². The zero-order chi connectivity index (χ0) is 13.9. The van der Waals surface area contributed by atoms with Gasteiger partial charge in [-0.25, -0.2) is 4.90 Å². The Balaban J connectivity index is 1.81. The SMILES string of the molecule is C[N+]1=C[NH+](c2ccc(C(=O)c3ccccc3)cc2)CC1. The second-order valence-electron chi connectivity index (χ2n) is 5.16. The molecule has 0 spiro atoms. The molecular formula is C17H18N2O+2. The van der Waals surface area contributed by atoms with Gasteiger partial charge in [0.15, 0.2) is 18.9 Å². The molecule has 0 bridgehead atoms. The molecule has 0 radical (unpaired) electrons. The topological polar surface area (TPSA) is 24.5 Å². The summed E-state index contributed by atoms with van der Waals surface area (Å²) in [4.78, 5) is 13.6. The highest BCUT2D eigenvalue weighted by molar-refractivity contribution is 6.09. The number of quaternary nitrogens is 1. The molecular weight excluding hydrogens is 248 g/mol. The number of rotatable bonds is 3. The lowest BCUT2D eigenvalue weighted by atomic mass is 10.0. The van der Waals surface area contributed by atoms with Gasteiger partial charge in [-0.1, -0.05) is 30.3 Å². The molecule has 1 N–H and O–H groups in total. The summed E-state index contributed by atoms with van der Waals surface area (Å²) in [6.07, 6.45) is 2.17. The molecule has 0 aliphatic carbocycles. The lowest BCUT2D eigenvalue weighted by molar-refractivity contribution is -0.717. The van der Waals surface area contributed by atoms with Crippen LogP contribution in [0.1, 0.15) is 15.9 Å². The van der Waals surface area contributed by atoms with Crippen LogP contribution < -0.4 is 4.90 Å². The van der Waals surface area contributed by atoms with Crippen molar-refractivity contribution in [1.29, 1.82) is 0 Å². The first kappa shape index (κ1) is 12.8.